The van der Waals surface area contributed by atoms with Crippen molar-refractivity contribution >= 4 is 40.4 Å². The molecular weight excluding hydrogens is 490 g/mol. The zero-order chi connectivity index (χ0) is 26.9. The van der Waals surface area contributed by atoms with Gasteiger partial charge >= 0.3 is 0 Å². The molecule has 10 heteroatoms. The van der Waals surface area contributed by atoms with Gasteiger partial charge in [0.25, 0.3) is 5.91 Å². The highest BCUT2D eigenvalue weighted by molar-refractivity contribution is 6.12. The first kappa shape index (κ1) is 24.8. The number of amides is 2. The van der Waals surface area contributed by atoms with Crippen molar-refractivity contribution < 1.29 is 18.4 Å². The van der Waals surface area contributed by atoms with E-state index in [1.165, 1.54) is 12.4 Å². The molecule has 2 amide bonds. The van der Waals surface area contributed by atoms with E-state index in [1.54, 1.807) is 50.4 Å². The molecule has 5 rings (SSSR count). The van der Waals surface area contributed by atoms with Crippen molar-refractivity contribution in [2.75, 3.05) is 16.0 Å². The third-order valence-corrected chi connectivity index (χ3v) is 6.38. The highest BCUT2D eigenvalue weighted by atomic mass is 19.2. The molecular formula is C28H24F2N6O2. The van der Waals surface area contributed by atoms with E-state index in [4.69, 9.17) is 0 Å². The van der Waals surface area contributed by atoms with Crippen molar-refractivity contribution in [1.29, 1.82) is 0 Å². The highest BCUT2D eigenvalue weighted by Gasteiger charge is 2.31. The smallest absolute Gasteiger partial charge is 0.257 e. The lowest BCUT2D eigenvalue weighted by atomic mass is 9.83. The fourth-order valence-electron chi connectivity index (χ4n) is 4.10. The Morgan fingerprint density at radius 2 is 1.76 bits per heavy atom. The molecule has 4 aromatic rings. The number of nitrogens with zero attached hydrogens (tertiary/aromatic N) is 2. The number of fused-ring (bicyclic) bond motifs is 2. The number of aromatic nitrogens is 2. The van der Waals surface area contributed by atoms with Gasteiger partial charge in [-0.2, -0.15) is 0 Å². The van der Waals surface area contributed by atoms with Gasteiger partial charge in [-0.15, -0.1) is 0 Å². The van der Waals surface area contributed by atoms with Crippen LogP contribution in [0, 0.1) is 11.6 Å². The van der Waals surface area contributed by atoms with E-state index in [-0.39, 0.29) is 18.4 Å². The summed E-state index contributed by atoms with van der Waals surface area (Å²) in [5.41, 5.74) is 3.12. The predicted molar refractivity (Wildman–Crippen MR) is 141 cm³/mol. The summed E-state index contributed by atoms with van der Waals surface area (Å²) < 4.78 is 26.7. The van der Waals surface area contributed by atoms with Gasteiger partial charge in [-0.3, -0.25) is 9.59 Å². The molecule has 3 aromatic carbocycles. The minimum absolute atomic E-state index is 0.0450. The van der Waals surface area contributed by atoms with Gasteiger partial charge in [0.15, 0.2) is 11.6 Å². The van der Waals surface area contributed by atoms with Gasteiger partial charge in [0.2, 0.25) is 5.91 Å². The monoisotopic (exact) mass is 514 g/mol. The second-order valence-electron chi connectivity index (χ2n) is 9.38. The summed E-state index contributed by atoms with van der Waals surface area (Å²) in [5.74, 6) is -1.89. The summed E-state index contributed by atoms with van der Waals surface area (Å²) in [6, 6.07) is 15.9. The number of hydrogen-bond acceptors (Lipinski definition) is 6. The quantitative estimate of drug-likeness (QED) is 0.274. The summed E-state index contributed by atoms with van der Waals surface area (Å²) in [6.07, 6.45) is 3.07. The van der Waals surface area contributed by atoms with Crippen molar-refractivity contribution in [2.45, 2.75) is 25.8 Å². The summed E-state index contributed by atoms with van der Waals surface area (Å²) in [5, 5.41) is 12.2. The predicted octanol–water partition coefficient (Wildman–Crippen LogP) is 5.40. The highest BCUT2D eigenvalue weighted by Crippen LogP contribution is 2.37. The van der Waals surface area contributed by atoms with Gasteiger partial charge in [-0.25, -0.2) is 18.7 Å². The molecule has 0 spiro atoms. The van der Waals surface area contributed by atoms with Gasteiger partial charge in [0.1, 0.15) is 12.1 Å². The SMILES string of the molecule is CC(C)(C(=O)NCc1ccc(F)c(F)c1)c1ccc2c(c1)NC(=O)c1ccc(Nc3ccncn3)cc1N2. The molecule has 8 nitrogen and oxygen atoms in total. The Morgan fingerprint density at radius 1 is 0.921 bits per heavy atom. The number of carbonyl (C=O) groups excluding carboxylic acids is 2. The fourth-order valence-corrected chi connectivity index (χ4v) is 4.10. The largest absolute Gasteiger partial charge is 0.353 e. The number of halogens is 2. The lowest BCUT2D eigenvalue weighted by Crippen LogP contribution is -2.39. The number of carbonyl (C=O) groups is 2. The molecule has 0 unspecified atom stereocenters. The maximum absolute atomic E-state index is 13.5. The zero-order valence-corrected chi connectivity index (χ0v) is 20.6. The Labute approximate surface area is 217 Å². The van der Waals surface area contributed by atoms with Gasteiger partial charge in [0.05, 0.1) is 28.0 Å². The normalized spacial score (nSPS) is 12.4. The van der Waals surface area contributed by atoms with Crippen LogP contribution in [-0.2, 0) is 16.8 Å². The van der Waals surface area contributed by atoms with Gasteiger partial charge in [0, 0.05) is 18.4 Å². The number of anilines is 5. The standard InChI is InChI=1S/C28H24F2N6O2/c1-28(2,27(38)32-14-16-3-7-20(29)21(30)11-16)17-4-8-22-24(12-17)36-26(37)19-6-5-18(13-23(19)35-22)34-25-9-10-31-15-33-25/h3-13,15,35H,14H2,1-2H3,(H,32,38)(H,36,37)(H,31,33,34). The summed E-state index contributed by atoms with van der Waals surface area (Å²) in [6.45, 7) is 3.55. The van der Waals surface area contributed by atoms with Crippen LogP contribution in [0.25, 0.3) is 0 Å². The van der Waals surface area contributed by atoms with E-state index in [1.807, 2.05) is 12.1 Å². The Morgan fingerprint density at radius 3 is 2.53 bits per heavy atom. The fraction of sp³-hybridized carbons (Fsp3) is 0.143. The van der Waals surface area contributed by atoms with Crippen LogP contribution in [-0.4, -0.2) is 21.8 Å². The van der Waals surface area contributed by atoms with E-state index in [0.29, 0.717) is 39.6 Å². The maximum Gasteiger partial charge on any atom is 0.257 e. The lowest BCUT2D eigenvalue weighted by molar-refractivity contribution is -0.125. The molecule has 0 saturated heterocycles. The van der Waals surface area contributed by atoms with Crippen molar-refractivity contribution in [3.8, 4) is 0 Å². The third kappa shape index (κ3) is 5.01. The number of rotatable bonds is 6. The first-order valence-corrected chi connectivity index (χ1v) is 11.8. The van der Waals surface area contributed by atoms with Crippen LogP contribution in [0.4, 0.5) is 37.3 Å². The van der Waals surface area contributed by atoms with E-state index in [0.717, 1.165) is 17.8 Å². The van der Waals surface area contributed by atoms with Gasteiger partial charge < -0.3 is 21.3 Å². The Kier molecular flexibility index (Phi) is 6.46. The van der Waals surface area contributed by atoms with Gasteiger partial charge in [-0.1, -0.05) is 12.1 Å². The van der Waals surface area contributed by atoms with Crippen LogP contribution >= 0.6 is 0 Å². The van der Waals surface area contributed by atoms with Crippen molar-refractivity contribution in [2.24, 2.45) is 0 Å². The van der Waals surface area contributed by atoms with E-state index < -0.39 is 17.0 Å². The number of benzene rings is 3. The minimum Gasteiger partial charge on any atom is -0.353 e. The molecule has 1 aliphatic rings. The molecule has 0 saturated carbocycles. The molecule has 0 atom stereocenters. The summed E-state index contributed by atoms with van der Waals surface area (Å²) in [7, 11) is 0. The maximum atomic E-state index is 13.5. The van der Waals surface area contributed by atoms with Crippen molar-refractivity contribution in [3.05, 3.63) is 102 Å². The molecule has 0 aliphatic carbocycles. The number of hydrogen-bond donors (Lipinski definition) is 4. The molecule has 192 valence electrons. The first-order chi connectivity index (χ1) is 18.2. The third-order valence-electron chi connectivity index (χ3n) is 6.38. The van der Waals surface area contributed by atoms with Crippen molar-refractivity contribution in [3.63, 3.8) is 0 Å². The molecule has 0 radical (unpaired) electrons. The average molecular weight is 515 g/mol. The Balaban J connectivity index is 1.35. The van der Waals surface area contributed by atoms with E-state index in [2.05, 4.69) is 31.2 Å². The molecule has 4 N–H and O–H groups in total. The van der Waals surface area contributed by atoms with Crippen LogP contribution < -0.4 is 21.3 Å². The second-order valence-corrected chi connectivity index (χ2v) is 9.38. The zero-order valence-electron chi connectivity index (χ0n) is 20.6. The van der Waals surface area contributed by atoms with Crippen LogP contribution in [0.1, 0.15) is 35.3 Å². The Bertz CT molecular complexity index is 1540. The summed E-state index contributed by atoms with van der Waals surface area (Å²) >= 11 is 0. The molecule has 0 bridgehead atoms. The van der Waals surface area contributed by atoms with Crippen molar-refractivity contribution in [1.82, 2.24) is 15.3 Å². The van der Waals surface area contributed by atoms with Crippen LogP contribution in [0.3, 0.4) is 0 Å². The van der Waals surface area contributed by atoms with Gasteiger partial charge in [-0.05, 0) is 73.5 Å². The molecule has 0 fully saturated rings. The summed E-state index contributed by atoms with van der Waals surface area (Å²) in [4.78, 5) is 34.1. The molecule has 1 aromatic heterocycles. The second kappa shape index (κ2) is 9.89. The van der Waals surface area contributed by atoms with E-state index >= 15 is 0 Å². The van der Waals surface area contributed by atoms with Crippen LogP contribution in [0.15, 0.2) is 73.2 Å². The topological polar surface area (TPSA) is 108 Å². The number of nitrogens with one attached hydrogen (secondary N) is 4. The van der Waals surface area contributed by atoms with Crippen LogP contribution in [0.2, 0.25) is 0 Å². The van der Waals surface area contributed by atoms with Crippen LogP contribution in [0.5, 0.6) is 0 Å². The minimum atomic E-state index is -0.980. The average Bonchev–Trinajstić information content (AvgIpc) is 3.04. The lowest BCUT2D eigenvalue weighted by Gasteiger charge is -2.25. The molecule has 2 heterocycles. The first-order valence-electron chi connectivity index (χ1n) is 11.8. The Hall–Kier alpha value is -4.86. The molecule has 1 aliphatic heterocycles. The van der Waals surface area contributed by atoms with E-state index in [9.17, 15) is 18.4 Å². The molecule has 38 heavy (non-hydrogen) atoms.